The topological polar surface area (TPSA) is 17.1 Å². The molecule has 2 heteroatoms. The van der Waals surface area contributed by atoms with Crippen LogP contribution in [-0.2, 0) is 11.2 Å². The van der Waals surface area contributed by atoms with Crippen molar-refractivity contribution < 1.29 is 4.79 Å². The predicted molar refractivity (Wildman–Crippen MR) is 64.8 cm³/mol. The van der Waals surface area contributed by atoms with Gasteiger partial charge in [-0.05, 0) is 42.9 Å². The van der Waals surface area contributed by atoms with Crippen LogP contribution in [0.25, 0.3) is 0 Å². The molecule has 15 heavy (non-hydrogen) atoms. The van der Waals surface area contributed by atoms with E-state index in [1.54, 1.807) is 0 Å². The summed E-state index contributed by atoms with van der Waals surface area (Å²) in [5, 5.41) is 0. The molecule has 0 heterocycles. The number of ketones is 1. The lowest BCUT2D eigenvalue weighted by molar-refractivity contribution is -0.121. The Labute approximate surface area is 99.0 Å². The van der Waals surface area contributed by atoms with Crippen molar-refractivity contribution >= 4 is 21.7 Å². The fraction of sp³-hybridized carbons (Fsp3) is 0.462. The van der Waals surface area contributed by atoms with Gasteiger partial charge in [0.05, 0.1) is 0 Å². The van der Waals surface area contributed by atoms with Gasteiger partial charge in [-0.25, -0.2) is 0 Å². The predicted octanol–water partition coefficient (Wildman–Crippen LogP) is 3.75. The maximum Gasteiger partial charge on any atom is 0.133 e. The molecule has 0 saturated heterocycles. The van der Waals surface area contributed by atoms with Crippen molar-refractivity contribution in [3.63, 3.8) is 0 Å². The van der Waals surface area contributed by atoms with Crippen molar-refractivity contribution in [2.24, 2.45) is 5.92 Å². The van der Waals surface area contributed by atoms with Crippen molar-refractivity contribution in [2.45, 2.75) is 32.1 Å². The number of benzene rings is 1. The van der Waals surface area contributed by atoms with Gasteiger partial charge in [0.15, 0.2) is 0 Å². The molecule has 1 fully saturated rings. The number of hydrogen-bond acceptors (Lipinski definition) is 1. The molecule has 1 aromatic rings. The maximum atomic E-state index is 11.3. The molecule has 1 aliphatic rings. The van der Waals surface area contributed by atoms with Gasteiger partial charge < -0.3 is 0 Å². The van der Waals surface area contributed by atoms with E-state index in [1.807, 2.05) is 0 Å². The lowest BCUT2D eigenvalue weighted by atomic mass is 9.84. The summed E-state index contributed by atoms with van der Waals surface area (Å²) < 4.78 is 1.12. The summed E-state index contributed by atoms with van der Waals surface area (Å²) in [6.45, 7) is 0. The Balaban J connectivity index is 1.96. The van der Waals surface area contributed by atoms with E-state index in [2.05, 4.69) is 40.2 Å². The third kappa shape index (κ3) is 3.16. The smallest absolute Gasteiger partial charge is 0.133 e. The van der Waals surface area contributed by atoms with Gasteiger partial charge in [0.2, 0.25) is 0 Å². The summed E-state index contributed by atoms with van der Waals surface area (Å²) in [4.78, 5) is 11.3. The Bertz CT molecular complexity index is 342. The first-order valence-corrected chi connectivity index (χ1v) is 6.29. The first kappa shape index (κ1) is 10.9. The lowest BCUT2D eigenvalue weighted by Gasteiger charge is -2.20. The van der Waals surface area contributed by atoms with Crippen molar-refractivity contribution in [1.82, 2.24) is 0 Å². The summed E-state index contributed by atoms with van der Waals surface area (Å²) in [5.41, 5.74) is 1.35. The Morgan fingerprint density at radius 1 is 1.27 bits per heavy atom. The number of hydrogen-bond donors (Lipinski definition) is 0. The second-order valence-electron chi connectivity index (χ2n) is 4.33. The van der Waals surface area contributed by atoms with E-state index in [4.69, 9.17) is 0 Å². The monoisotopic (exact) mass is 266 g/mol. The Morgan fingerprint density at radius 2 is 2.00 bits per heavy atom. The van der Waals surface area contributed by atoms with Crippen LogP contribution in [-0.4, -0.2) is 5.78 Å². The largest absolute Gasteiger partial charge is 0.300 e. The SMILES string of the molecule is O=C1CCCC(Cc2ccc(Br)cc2)C1. The summed E-state index contributed by atoms with van der Waals surface area (Å²) in [7, 11) is 0. The van der Waals surface area contributed by atoms with Crippen molar-refractivity contribution in [1.29, 1.82) is 0 Å². The van der Waals surface area contributed by atoms with Crippen LogP contribution in [0.3, 0.4) is 0 Å². The van der Waals surface area contributed by atoms with Crippen LogP contribution in [0, 0.1) is 5.92 Å². The van der Waals surface area contributed by atoms with Gasteiger partial charge in [-0.15, -0.1) is 0 Å². The van der Waals surface area contributed by atoms with Crippen molar-refractivity contribution in [2.75, 3.05) is 0 Å². The van der Waals surface area contributed by atoms with Gasteiger partial charge in [-0.3, -0.25) is 4.79 Å². The van der Waals surface area contributed by atoms with Gasteiger partial charge >= 0.3 is 0 Å². The molecule has 0 aliphatic heterocycles. The third-order valence-electron chi connectivity index (χ3n) is 3.02. The van der Waals surface area contributed by atoms with Crippen LogP contribution in [0.2, 0.25) is 0 Å². The van der Waals surface area contributed by atoms with Crippen molar-refractivity contribution in [3.05, 3.63) is 34.3 Å². The van der Waals surface area contributed by atoms with Crippen LogP contribution >= 0.6 is 15.9 Å². The molecule has 80 valence electrons. The molecule has 0 aromatic heterocycles. The maximum absolute atomic E-state index is 11.3. The zero-order valence-electron chi connectivity index (χ0n) is 8.71. The molecule has 1 saturated carbocycles. The molecule has 2 rings (SSSR count). The van der Waals surface area contributed by atoms with Gasteiger partial charge in [-0.1, -0.05) is 28.1 Å². The molecular formula is C13H15BrO. The number of carbonyl (C=O) groups excluding carboxylic acids is 1. The third-order valence-corrected chi connectivity index (χ3v) is 3.55. The first-order valence-electron chi connectivity index (χ1n) is 5.50. The number of rotatable bonds is 2. The number of Topliss-reactive ketones (excluding diaryl/α,β-unsaturated/α-hetero) is 1. The van der Waals surface area contributed by atoms with E-state index in [9.17, 15) is 4.79 Å². The number of halogens is 1. The van der Waals surface area contributed by atoms with Crippen LogP contribution < -0.4 is 0 Å². The highest BCUT2D eigenvalue weighted by Crippen LogP contribution is 2.25. The fourth-order valence-electron chi connectivity index (χ4n) is 2.24. The van der Waals surface area contributed by atoms with E-state index in [0.29, 0.717) is 11.7 Å². The molecule has 0 radical (unpaired) electrons. The molecule has 0 N–H and O–H groups in total. The summed E-state index contributed by atoms with van der Waals surface area (Å²) >= 11 is 3.43. The zero-order valence-corrected chi connectivity index (χ0v) is 10.3. The average molecular weight is 267 g/mol. The lowest BCUT2D eigenvalue weighted by Crippen LogP contribution is -2.16. The van der Waals surface area contributed by atoms with Gasteiger partial charge in [0, 0.05) is 17.3 Å². The second-order valence-corrected chi connectivity index (χ2v) is 5.25. The second kappa shape index (κ2) is 4.93. The highest BCUT2D eigenvalue weighted by Gasteiger charge is 2.19. The highest BCUT2D eigenvalue weighted by molar-refractivity contribution is 9.10. The molecule has 0 bridgehead atoms. The Hall–Kier alpha value is -0.630. The molecule has 0 amide bonds. The summed E-state index contributed by atoms with van der Waals surface area (Å²) in [6, 6.07) is 8.42. The molecular weight excluding hydrogens is 252 g/mol. The minimum Gasteiger partial charge on any atom is -0.300 e. The minimum atomic E-state index is 0.448. The minimum absolute atomic E-state index is 0.448. The van der Waals surface area contributed by atoms with E-state index < -0.39 is 0 Å². The molecule has 1 aliphatic carbocycles. The zero-order chi connectivity index (χ0) is 10.7. The van der Waals surface area contributed by atoms with Gasteiger partial charge in [0.25, 0.3) is 0 Å². The highest BCUT2D eigenvalue weighted by atomic mass is 79.9. The van der Waals surface area contributed by atoms with E-state index in [0.717, 1.165) is 30.2 Å². The molecule has 1 nitrogen and oxygen atoms in total. The van der Waals surface area contributed by atoms with Crippen LogP contribution in [0.4, 0.5) is 0 Å². The summed E-state index contributed by atoms with van der Waals surface area (Å²) in [5.74, 6) is 1.02. The standard InChI is InChI=1S/C13H15BrO/c14-12-6-4-10(5-7-12)8-11-2-1-3-13(15)9-11/h4-7,11H,1-3,8-9H2. The van der Waals surface area contributed by atoms with Crippen LogP contribution in [0.5, 0.6) is 0 Å². The molecule has 1 unspecified atom stereocenters. The first-order chi connectivity index (χ1) is 7.24. The quantitative estimate of drug-likeness (QED) is 0.797. The van der Waals surface area contributed by atoms with E-state index >= 15 is 0 Å². The van der Waals surface area contributed by atoms with Crippen molar-refractivity contribution in [3.8, 4) is 0 Å². The van der Waals surface area contributed by atoms with Crippen LogP contribution in [0.1, 0.15) is 31.2 Å². The average Bonchev–Trinajstić information content (AvgIpc) is 2.22. The van der Waals surface area contributed by atoms with E-state index in [1.165, 1.54) is 12.0 Å². The van der Waals surface area contributed by atoms with Gasteiger partial charge in [-0.2, -0.15) is 0 Å². The summed E-state index contributed by atoms with van der Waals surface area (Å²) in [6.07, 6.45) is 4.94. The Kier molecular flexibility index (Phi) is 3.57. The van der Waals surface area contributed by atoms with Gasteiger partial charge in [0.1, 0.15) is 5.78 Å². The van der Waals surface area contributed by atoms with Crippen LogP contribution in [0.15, 0.2) is 28.7 Å². The molecule has 0 spiro atoms. The molecule has 1 aromatic carbocycles. The molecule has 1 atom stereocenters. The normalized spacial score (nSPS) is 21.7. The number of carbonyl (C=O) groups is 1. The fourth-order valence-corrected chi connectivity index (χ4v) is 2.51. The van der Waals surface area contributed by atoms with E-state index in [-0.39, 0.29) is 0 Å². The Morgan fingerprint density at radius 3 is 2.67 bits per heavy atom.